The Hall–Kier alpha value is -1.55. The summed E-state index contributed by atoms with van der Waals surface area (Å²) in [7, 11) is 0. The van der Waals surface area contributed by atoms with Gasteiger partial charge in [0, 0.05) is 10.8 Å². The molecule has 4 heteroatoms. The molecule has 0 bridgehead atoms. The highest BCUT2D eigenvalue weighted by Gasteiger charge is 2.17. The zero-order valence-corrected chi connectivity index (χ0v) is 21.3. The fourth-order valence-electron chi connectivity index (χ4n) is 3.94. The van der Waals surface area contributed by atoms with Crippen LogP contribution < -0.4 is 9.47 Å². The minimum atomic E-state index is 0.504. The molecular formula is C27H39BrO3. The quantitative estimate of drug-likeness (QED) is 0.234. The number of benzene rings is 2. The summed E-state index contributed by atoms with van der Waals surface area (Å²) in [4.78, 5) is 11.7. The van der Waals surface area contributed by atoms with Crippen LogP contribution in [0, 0.1) is 11.8 Å². The first-order valence-corrected chi connectivity index (χ1v) is 12.8. The summed E-state index contributed by atoms with van der Waals surface area (Å²) in [5, 5.41) is 1.93. The summed E-state index contributed by atoms with van der Waals surface area (Å²) in [5.41, 5.74) is 0.598. The van der Waals surface area contributed by atoms with Gasteiger partial charge in [0.1, 0.15) is 11.5 Å². The predicted molar refractivity (Wildman–Crippen MR) is 135 cm³/mol. The van der Waals surface area contributed by atoms with Gasteiger partial charge in [-0.2, -0.15) is 0 Å². The van der Waals surface area contributed by atoms with Crippen LogP contribution in [0.1, 0.15) is 89.4 Å². The second-order valence-corrected chi connectivity index (χ2v) is 9.38. The third-order valence-corrected chi connectivity index (χ3v) is 6.85. The zero-order valence-electron chi connectivity index (χ0n) is 19.7. The largest absolute Gasteiger partial charge is 0.492 e. The van der Waals surface area contributed by atoms with Crippen molar-refractivity contribution in [1.29, 1.82) is 0 Å². The SMILES string of the molecule is CCCCC(CC)COc1c(Br)ccc2c(OCC(CC)CCCC)c(C=O)ccc12. The van der Waals surface area contributed by atoms with Crippen LogP contribution in [0.2, 0.25) is 0 Å². The van der Waals surface area contributed by atoms with Gasteiger partial charge in [-0.3, -0.25) is 4.79 Å². The van der Waals surface area contributed by atoms with Crippen LogP contribution in [-0.4, -0.2) is 19.5 Å². The zero-order chi connectivity index (χ0) is 22.6. The fraction of sp³-hybridized carbons (Fsp3) is 0.593. The normalized spacial score (nSPS) is 13.2. The minimum Gasteiger partial charge on any atom is -0.492 e. The van der Waals surface area contributed by atoms with Crippen LogP contribution in [0.15, 0.2) is 28.7 Å². The van der Waals surface area contributed by atoms with E-state index in [1.807, 2.05) is 24.3 Å². The smallest absolute Gasteiger partial charge is 0.153 e. The molecule has 0 saturated carbocycles. The summed E-state index contributed by atoms with van der Waals surface area (Å²) >= 11 is 3.67. The van der Waals surface area contributed by atoms with Gasteiger partial charge in [0.05, 0.1) is 23.2 Å². The highest BCUT2D eigenvalue weighted by Crippen LogP contribution is 2.40. The van der Waals surface area contributed by atoms with Gasteiger partial charge in [-0.15, -0.1) is 0 Å². The number of fused-ring (bicyclic) bond motifs is 1. The first kappa shape index (κ1) is 25.7. The van der Waals surface area contributed by atoms with Crippen LogP contribution in [0.3, 0.4) is 0 Å². The molecule has 0 aliphatic heterocycles. The molecule has 172 valence electrons. The van der Waals surface area contributed by atoms with Crippen LogP contribution in [0.4, 0.5) is 0 Å². The Morgan fingerprint density at radius 1 is 0.806 bits per heavy atom. The molecule has 0 aliphatic carbocycles. The number of hydrogen-bond acceptors (Lipinski definition) is 3. The summed E-state index contributed by atoms with van der Waals surface area (Å²) in [6.07, 6.45) is 10.3. The van der Waals surface area contributed by atoms with Gasteiger partial charge < -0.3 is 9.47 Å². The molecule has 0 N–H and O–H groups in total. The maximum atomic E-state index is 11.7. The highest BCUT2D eigenvalue weighted by molar-refractivity contribution is 9.10. The Morgan fingerprint density at radius 2 is 1.32 bits per heavy atom. The Morgan fingerprint density at radius 3 is 1.84 bits per heavy atom. The van der Waals surface area contributed by atoms with Gasteiger partial charge in [-0.25, -0.2) is 0 Å². The minimum absolute atomic E-state index is 0.504. The molecule has 2 rings (SSSR count). The van der Waals surface area contributed by atoms with Crippen molar-refractivity contribution in [2.24, 2.45) is 11.8 Å². The molecule has 0 spiro atoms. The van der Waals surface area contributed by atoms with Crippen LogP contribution in [0.25, 0.3) is 10.8 Å². The summed E-state index contributed by atoms with van der Waals surface area (Å²) < 4.78 is 13.6. The van der Waals surface area contributed by atoms with Gasteiger partial charge >= 0.3 is 0 Å². The Balaban J connectivity index is 2.31. The lowest BCUT2D eigenvalue weighted by Crippen LogP contribution is -2.13. The van der Waals surface area contributed by atoms with Crippen molar-refractivity contribution < 1.29 is 14.3 Å². The molecule has 2 atom stereocenters. The monoisotopic (exact) mass is 490 g/mol. The number of carbonyl (C=O) groups is 1. The molecule has 0 radical (unpaired) electrons. The molecular weight excluding hydrogens is 452 g/mol. The molecule has 0 fully saturated rings. The van der Waals surface area contributed by atoms with Crippen molar-refractivity contribution >= 4 is 33.0 Å². The number of halogens is 1. The van der Waals surface area contributed by atoms with Crippen LogP contribution >= 0.6 is 15.9 Å². The molecule has 0 aliphatic rings. The molecule has 31 heavy (non-hydrogen) atoms. The summed E-state index contributed by atoms with van der Waals surface area (Å²) in [5.74, 6) is 2.58. The van der Waals surface area contributed by atoms with E-state index < -0.39 is 0 Å². The Bertz CT molecular complexity index is 818. The van der Waals surface area contributed by atoms with E-state index in [0.29, 0.717) is 36.4 Å². The second kappa shape index (κ2) is 13.8. The van der Waals surface area contributed by atoms with Crippen molar-refractivity contribution in [1.82, 2.24) is 0 Å². The first-order valence-electron chi connectivity index (χ1n) is 12.0. The molecule has 0 amide bonds. The third-order valence-electron chi connectivity index (χ3n) is 6.22. The second-order valence-electron chi connectivity index (χ2n) is 8.53. The number of unbranched alkanes of at least 4 members (excludes halogenated alkanes) is 2. The molecule has 0 saturated heterocycles. The van der Waals surface area contributed by atoms with E-state index in [2.05, 4.69) is 43.6 Å². The standard InChI is InChI=1S/C27H39BrO3/c1-5-9-11-20(7-3)18-30-26-22(17-29)13-14-24-23(26)15-16-25(28)27(24)31-19-21(8-4)12-10-6-2/h13-17,20-21H,5-12,18-19H2,1-4H3. The van der Waals surface area contributed by atoms with Crippen LogP contribution in [-0.2, 0) is 0 Å². The molecule has 3 nitrogen and oxygen atoms in total. The van der Waals surface area contributed by atoms with E-state index in [1.54, 1.807) is 0 Å². The average molecular weight is 492 g/mol. The van der Waals surface area contributed by atoms with E-state index in [-0.39, 0.29) is 0 Å². The maximum absolute atomic E-state index is 11.7. The number of rotatable bonds is 15. The van der Waals surface area contributed by atoms with Crippen molar-refractivity contribution in [3.05, 3.63) is 34.3 Å². The van der Waals surface area contributed by atoms with E-state index in [0.717, 1.165) is 46.5 Å². The van der Waals surface area contributed by atoms with Gasteiger partial charge in [0.25, 0.3) is 0 Å². The fourth-order valence-corrected chi connectivity index (χ4v) is 4.40. The van der Waals surface area contributed by atoms with Crippen molar-refractivity contribution in [3.8, 4) is 11.5 Å². The summed E-state index contributed by atoms with van der Waals surface area (Å²) in [6.45, 7) is 10.2. The van der Waals surface area contributed by atoms with E-state index in [1.165, 1.54) is 32.1 Å². The van der Waals surface area contributed by atoms with Gasteiger partial charge in [0.2, 0.25) is 0 Å². The number of aldehydes is 1. The molecule has 2 aromatic rings. The summed E-state index contributed by atoms with van der Waals surface area (Å²) in [6, 6.07) is 7.86. The highest BCUT2D eigenvalue weighted by atomic mass is 79.9. The topological polar surface area (TPSA) is 35.5 Å². The number of ether oxygens (including phenoxy) is 2. The molecule has 0 aromatic heterocycles. The van der Waals surface area contributed by atoms with Gasteiger partial charge in [-0.1, -0.05) is 66.2 Å². The molecule has 0 heterocycles. The lowest BCUT2D eigenvalue weighted by Gasteiger charge is -2.20. The van der Waals surface area contributed by atoms with Crippen molar-refractivity contribution in [3.63, 3.8) is 0 Å². The Kier molecular flexibility index (Phi) is 11.4. The van der Waals surface area contributed by atoms with Crippen molar-refractivity contribution in [2.45, 2.75) is 79.1 Å². The van der Waals surface area contributed by atoms with Gasteiger partial charge in [-0.05, 0) is 64.9 Å². The molecule has 2 aromatic carbocycles. The van der Waals surface area contributed by atoms with Crippen molar-refractivity contribution in [2.75, 3.05) is 13.2 Å². The van der Waals surface area contributed by atoms with E-state index in [9.17, 15) is 4.79 Å². The molecule has 2 unspecified atom stereocenters. The predicted octanol–water partition coefficient (Wildman–Crippen LogP) is 8.61. The van der Waals surface area contributed by atoms with Crippen LogP contribution in [0.5, 0.6) is 11.5 Å². The first-order chi connectivity index (χ1) is 15.1. The number of carbonyl (C=O) groups excluding carboxylic acids is 1. The Labute approximate surface area is 197 Å². The average Bonchev–Trinajstić information content (AvgIpc) is 2.80. The maximum Gasteiger partial charge on any atom is 0.153 e. The number of hydrogen-bond donors (Lipinski definition) is 0. The lowest BCUT2D eigenvalue weighted by atomic mass is 10.00. The lowest BCUT2D eigenvalue weighted by molar-refractivity contribution is 0.111. The van der Waals surface area contributed by atoms with Gasteiger partial charge in [0.15, 0.2) is 6.29 Å². The van der Waals surface area contributed by atoms with E-state index >= 15 is 0 Å². The third kappa shape index (κ3) is 7.24. The van der Waals surface area contributed by atoms with E-state index in [4.69, 9.17) is 9.47 Å².